The van der Waals surface area contributed by atoms with E-state index in [0.29, 0.717) is 25.7 Å². The Balaban J connectivity index is 4.20. The SMILES string of the molecule is CCOC(=O)/C=C/CN(CCO)C(CC)CC. The van der Waals surface area contributed by atoms with Gasteiger partial charge in [0.25, 0.3) is 0 Å². The fourth-order valence-electron chi connectivity index (χ4n) is 1.83. The summed E-state index contributed by atoms with van der Waals surface area (Å²) in [5.74, 6) is -0.305. The van der Waals surface area contributed by atoms with Crippen molar-refractivity contribution in [3.63, 3.8) is 0 Å². The van der Waals surface area contributed by atoms with Gasteiger partial charge < -0.3 is 9.84 Å². The molecule has 100 valence electrons. The van der Waals surface area contributed by atoms with Gasteiger partial charge in [-0.3, -0.25) is 4.90 Å². The largest absolute Gasteiger partial charge is 0.463 e. The molecule has 0 aromatic heterocycles. The molecule has 4 nitrogen and oxygen atoms in total. The number of hydrogen-bond donors (Lipinski definition) is 1. The number of aliphatic hydroxyl groups is 1. The van der Waals surface area contributed by atoms with Crippen LogP contribution in [-0.2, 0) is 9.53 Å². The molecule has 0 aliphatic carbocycles. The van der Waals surface area contributed by atoms with Gasteiger partial charge in [0.15, 0.2) is 0 Å². The molecular weight excluding hydrogens is 218 g/mol. The van der Waals surface area contributed by atoms with E-state index in [2.05, 4.69) is 18.7 Å². The van der Waals surface area contributed by atoms with Gasteiger partial charge >= 0.3 is 5.97 Å². The molecule has 0 aromatic carbocycles. The van der Waals surface area contributed by atoms with Crippen LogP contribution in [0.2, 0.25) is 0 Å². The second kappa shape index (κ2) is 10.3. The summed E-state index contributed by atoms with van der Waals surface area (Å²) in [5.41, 5.74) is 0. The van der Waals surface area contributed by atoms with Crippen LogP contribution < -0.4 is 0 Å². The zero-order valence-electron chi connectivity index (χ0n) is 11.2. The van der Waals surface area contributed by atoms with Crippen LogP contribution in [0.5, 0.6) is 0 Å². The van der Waals surface area contributed by atoms with Crippen LogP contribution in [0, 0.1) is 0 Å². The Hall–Kier alpha value is -0.870. The number of rotatable bonds is 9. The van der Waals surface area contributed by atoms with Crippen molar-refractivity contribution in [2.24, 2.45) is 0 Å². The van der Waals surface area contributed by atoms with E-state index < -0.39 is 0 Å². The summed E-state index contributed by atoms with van der Waals surface area (Å²) < 4.78 is 4.80. The lowest BCUT2D eigenvalue weighted by Gasteiger charge is -2.28. The fourth-order valence-corrected chi connectivity index (χ4v) is 1.83. The first-order valence-electron chi connectivity index (χ1n) is 6.37. The lowest BCUT2D eigenvalue weighted by molar-refractivity contribution is -0.137. The molecular formula is C13H25NO3. The topological polar surface area (TPSA) is 49.8 Å². The van der Waals surface area contributed by atoms with Crippen LogP contribution in [0.4, 0.5) is 0 Å². The van der Waals surface area contributed by atoms with Crippen molar-refractivity contribution in [2.45, 2.75) is 39.7 Å². The van der Waals surface area contributed by atoms with Gasteiger partial charge in [-0.05, 0) is 19.8 Å². The van der Waals surface area contributed by atoms with Crippen molar-refractivity contribution in [1.82, 2.24) is 4.90 Å². The van der Waals surface area contributed by atoms with Crippen molar-refractivity contribution in [3.8, 4) is 0 Å². The molecule has 0 amide bonds. The van der Waals surface area contributed by atoms with E-state index in [9.17, 15) is 4.79 Å². The number of ether oxygens (including phenoxy) is 1. The standard InChI is InChI=1S/C13H25NO3/c1-4-12(5-2)14(10-11-15)9-7-8-13(16)17-6-3/h7-8,12,15H,4-6,9-11H2,1-3H3/b8-7+. The Bertz CT molecular complexity index is 225. The molecule has 0 rings (SSSR count). The van der Waals surface area contributed by atoms with Gasteiger partial charge in [0.1, 0.15) is 0 Å². The Morgan fingerprint density at radius 2 is 2.00 bits per heavy atom. The van der Waals surface area contributed by atoms with Gasteiger partial charge in [0.2, 0.25) is 0 Å². The maximum absolute atomic E-state index is 11.1. The lowest BCUT2D eigenvalue weighted by Crippen LogP contribution is -2.36. The van der Waals surface area contributed by atoms with Crippen molar-refractivity contribution >= 4 is 5.97 Å². The lowest BCUT2D eigenvalue weighted by atomic mass is 10.1. The van der Waals surface area contributed by atoms with Gasteiger partial charge in [-0.25, -0.2) is 4.79 Å². The summed E-state index contributed by atoms with van der Waals surface area (Å²) in [4.78, 5) is 13.3. The highest BCUT2D eigenvalue weighted by Crippen LogP contribution is 2.07. The van der Waals surface area contributed by atoms with Crippen LogP contribution in [0.25, 0.3) is 0 Å². The molecule has 17 heavy (non-hydrogen) atoms. The van der Waals surface area contributed by atoms with Crippen molar-refractivity contribution < 1.29 is 14.6 Å². The van der Waals surface area contributed by atoms with Gasteiger partial charge in [0.05, 0.1) is 13.2 Å². The molecule has 0 heterocycles. The molecule has 0 aliphatic rings. The van der Waals surface area contributed by atoms with E-state index in [1.165, 1.54) is 6.08 Å². The first kappa shape index (κ1) is 16.1. The molecule has 0 unspecified atom stereocenters. The zero-order chi connectivity index (χ0) is 13.1. The Labute approximate surface area is 104 Å². The second-order valence-corrected chi connectivity index (χ2v) is 3.84. The van der Waals surface area contributed by atoms with Gasteiger partial charge in [-0.1, -0.05) is 19.9 Å². The van der Waals surface area contributed by atoms with E-state index in [1.54, 1.807) is 13.0 Å². The average Bonchev–Trinajstić information content (AvgIpc) is 2.31. The van der Waals surface area contributed by atoms with E-state index in [1.807, 2.05) is 0 Å². The fraction of sp³-hybridized carbons (Fsp3) is 0.769. The molecule has 0 bridgehead atoms. The minimum Gasteiger partial charge on any atom is -0.463 e. The molecule has 0 fully saturated rings. The van der Waals surface area contributed by atoms with E-state index in [4.69, 9.17) is 9.84 Å². The van der Waals surface area contributed by atoms with Crippen molar-refractivity contribution in [1.29, 1.82) is 0 Å². The van der Waals surface area contributed by atoms with Crippen LogP contribution in [0.1, 0.15) is 33.6 Å². The highest BCUT2D eigenvalue weighted by atomic mass is 16.5. The highest BCUT2D eigenvalue weighted by molar-refractivity contribution is 5.81. The van der Waals surface area contributed by atoms with Crippen LogP contribution in [0.3, 0.4) is 0 Å². The number of carbonyl (C=O) groups is 1. The van der Waals surface area contributed by atoms with Crippen molar-refractivity contribution in [3.05, 3.63) is 12.2 Å². The summed E-state index contributed by atoms with van der Waals surface area (Å²) >= 11 is 0. The smallest absolute Gasteiger partial charge is 0.330 e. The Morgan fingerprint density at radius 3 is 2.47 bits per heavy atom. The molecule has 0 aliphatic heterocycles. The normalized spacial score (nSPS) is 11.6. The van der Waals surface area contributed by atoms with Crippen molar-refractivity contribution in [2.75, 3.05) is 26.3 Å². The molecule has 0 radical (unpaired) electrons. The number of esters is 1. The first-order valence-corrected chi connectivity index (χ1v) is 6.37. The minimum absolute atomic E-state index is 0.143. The third-order valence-electron chi connectivity index (χ3n) is 2.73. The third kappa shape index (κ3) is 7.13. The maximum Gasteiger partial charge on any atom is 0.330 e. The second-order valence-electron chi connectivity index (χ2n) is 3.84. The summed E-state index contributed by atoms with van der Waals surface area (Å²) in [6.07, 6.45) is 5.34. The van der Waals surface area contributed by atoms with E-state index >= 15 is 0 Å². The number of nitrogens with zero attached hydrogens (tertiary/aromatic N) is 1. The molecule has 0 atom stereocenters. The predicted molar refractivity (Wildman–Crippen MR) is 68.8 cm³/mol. The van der Waals surface area contributed by atoms with Crippen LogP contribution in [0.15, 0.2) is 12.2 Å². The highest BCUT2D eigenvalue weighted by Gasteiger charge is 2.12. The summed E-state index contributed by atoms with van der Waals surface area (Å²) in [6, 6.07) is 0.453. The predicted octanol–water partition coefficient (Wildman–Crippen LogP) is 1.59. The Kier molecular flexibility index (Phi) is 9.77. The molecule has 0 spiro atoms. The quantitative estimate of drug-likeness (QED) is 0.493. The summed E-state index contributed by atoms with van der Waals surface area (Å²) in [7, 11) is 0. The Morgan fingerprint density at radius 1 is 1.35 bits per heavy atom. The number of carbonyl (C=O) groups excluding carboxylic acids is 1. The molecule has 0 aromatic rings. The summed E-state index contributed by atoms with van der Waals surface area (Å²) in [6.45, 7) is 7.90. The number of aliphatic hydroxyl groups excluding tert-OH is 1. The third-order valence-corrected chi connectivity index (χ3v) is 2.73. The van der Waals surface area contributed by atoms with E-state index in [-0.39, 0.29) is 12.6 Å². The first-order chi connectivity index (χ1) is 8.19. The van der Waals surface area contributed by atoms with Crippen LogP contribution in [-0.4, -0.2) is 48.3 Å². The van der Waals surface area contributed by atoms with Gasteiger partial charge in [-0.15, -0.1) is 0 Å². The van der Waals surface area contributed by atoms with Gasteiger partial charge in [-0.2, -0.15) is 0 Å². The zero-order valence-corrected chi connectivity index (χ0v) is 11.2. The molecule has 4 heteroatoms. The molecule has 1 N–H and O–H groups in total. The van der Waals surface area contributed by atoms with Gasteiger partial charge in [0, 0.05) is 25.2 Å². The summed E-state index contributed by atoms with van der Waals surface area (Å²) in [5, 5.41) is 9.01. The monoisotopic (exact) mass is 243 g/mol. The molecule has 0 saturated carbocycles. The average molecular weight is 243 g/mol. The maximum atomic E-state index is 11.1. The molecule has 0 saturated heterocycles. The van der Waals surface area contributed by atoms with Crippen LogP contribution >= 0.6 is 0 Å². The number of hydrogen-bond acceptors (Lipinski definition) is 4. The van der Waals surface area contributed by atoms with E-state index in [0.717, 1.165) is 12.8 Å². The minimum atomic E-state index is -0.305.